The lowest BCUT2D eigenvalue weighted by molar-refractivity contribution is -0.152. The molecule has 3 aliphatic heterocycles. The van der Waals surface area contributed by atoms with Gasteiger partial charge in [0.2, 0.25) is 0 Å². The highest BCUT2D eigenvalue weighted by molar-refractivity contribution is 7.71. The number of aromatic nitrogens is 6. The van der Waals surface area contributed by atoms with E-state index in [1.807, 2.05) is 0 Å². The van der Waals surface area contributed by atoms with Crippen LogP contribution >= 0.6 is 94.2 Å². The lowest BCUT2D eigenvalue weighted by atomic mass is 10.2. The largest absolute Gasteiger partial charge is 0.463 e. The number of nitrogens with one attached hydrogen (secondary N) is 3. The summed E-state index contributed by atoms with van der Waals surface area (Å²) in [5.74, 6) is -4.64. The maximum Gasteiger partial charge on any atom is 0.380 e. The number of para-hydroxylation sites is 3. The molecule has 3 saturated heterocycles. The second-order valence-corrected chi connectivity index (χ2v) is 34.6. The van der Waals surface area contributed by atoms with E-state index >= 15 is 0 Å². The van der Waals surface area contributed by atoms with Crippen LogP contribution in [0.15, 0.2) is 124 Å². The summed E-state index contributed by atoms with van der Waals surface area (Å²) in [5, 5.41) is 28.5. The SMILES string of the molecule is [2H]C([2H])(OP(=O)(C[C@@H](C)C(=O)OC(C)C)Oc1ccccc1)[C@@H]1O[C@H](n2cc(C)c(=S)[nH]c2=O)[C@H](Cl)C1O.[2H]C([2H])(O[P@@](=O)(C[C@@H](C)C(=O)OC(C)C)Oc1ccccc1)[C@@H]1O[C@H](n2cc(C)c(=S)[nH]c2=O)[C@H](Cl)C1O.[2H]C([2H])(O[P@](=O)(C[C@@H](C)C(=O)OC(C)C)Oc1ccccc1)[C@@H]1O[C@H](n2cc(C)c(=S)[nH]c2=O)[C@H](Cl)C1O. The quantitative estimate of drug-likeness (QED) is 0.00802. The molecule has 6 heterocycles. The molecule has 18 atom stereocenters. The van der Waals surface area contributed by atoms with Gasteiger partial charge >= 0.3 is 57.8 Å². The van der Waals surface area contributed by atoms with Crippen LogP contribution in [-0.2, 0) is 70.1 Å². The summed E-state index contributed by atoms with van der Waals surface area (Å²) < 4.78 is 162. The van der Waals surface area contributed by atoms with Crippen LogP contribution in [-0.4, -0.2) is 171 Å². The summed E-state index contributed by atoms with van der Waals surface area (Å²) >= 11 is 34.2. The van der Waals surface area contributed by atoms with Gasteiger partial charge in [-0.3, -0.25) is 56.6 Å². The monoisotopic (exact) mass is 1690 g/mol. The number of hydrogen-bond acceptors (Lipinski definition) is 27. The Morgan fingerprint density at radius 2 is 0.676 bits per heavy atom. The van der Waals surface area contributed by atoms with Gasteiger partial charge in [-0.25, -0.2) is 28.1 Å². The van der Waals surface area contributed by atoms with Crippen molar-refractivity contribution in [3.8, 4) is 17.2 Å². The van der Waals surface area contributed by atoms with Crippen LogP contribution < -0.4 is 30.6 Å². The van der Waals surface area contributed by atoms with Crippen LogP contribution in [0.2, 0.25) is 0 Å². The summed E-state index contributed by atoms with van der Waals surface area (Å²) in [5.41, 5.74) is -0.477. The number of rotatable bonds is 30. The Balaban J connectivity index is 0.000000237. The highest BCUT2D eigenvalue weighted by atomic mass is 35.5. The first-order valence-electron chi connectivity index (χ1n) is 36.5. The average Bonchev–Trinajstić information content (AvgIpc) is 1.69. The van der Waals surface area contributed by atoms with Crippen molar-refractivity contribution in [2.24, 2.45) is 17.8 Å². The van der Waals surface area contributed by atoms with Gasteiger partial charge in [0, 0.05) is 35.3 Å². The zero-order valence-corrected chi connectivity index (χ0v) is 67.8. The third-order valence-electron chi connectivity index (χ3n) is 15.5. The van der Waals surface area contributed by atoms with E-state index in [2.05, 4.69) is 15.0 Å². The van der Waals surface area contributed by atoms with Crippen molar-refractivity contribution < 1.29 is 107 Å². The first-order valence-corrected chi connectivity index (χ1v) is 41.3. The van der Waals surface area contributed by atoms with Crippen molar-refractivity contribution in [1.82, 2.24) is 28.7 Å². The molecule has 108 heavy (non-hydrogen) atoms. The summed E-state index contributed by atoms with van der Waals surface area (Å²) in [4.78, 5) is 82.0. The molecule has 3 aromatic heterocycles. The number of H-pyrrole nitrogens is 3. The standard InChI is InChI=1S/3C23H30ClN2O8PS/c3*1-13(2)32-22(28)15(4)12-35(30,34-16-8-6-5-7-9-16)31-11-17-19(27)18(24)21(33-17)26-10-14(3)20(36)25-23(26)29/h3*5-10,13,15,17-19,21,27H,11-12H2,1-4H3,(H,25,29,36)/t15-,17+,18-,19?,21+,35?;15-,17+,18-,19?,21+,35+;15-,17+,18-,19?,21+,35-/m111/s1/i3*11D2. The molecule has 0 saturated carbocycles. The fourth-order valence-corrected chi connectivity index (χ4v) is 16.6. The smallest absolute Gasteiger partial charge is 0.380 e. The number of halogens is 3. The van der Waals surface area contributed by atoms with Crippen LogP contribution in [0.3, 0.4) is 0 Å². The Morgan fingerprint density at radius 3 is 0.889 bits per heavy atom. The van der Waals surface area contributed by atoms with Crippen molar-refractivity contribution >= 4 is 112 Å². The fraction of sp³-hybridized carbons (Fsp3) is 0.522. The van der Waals surface area contributed by atoms with Gasteiger partial charge in [-0.05, 0) is 98.7 Å². The molecule has 3 fully saturated rings. The van der Waals surface area contributed by atoms with Crippen molar-refractivity contribution in [3.05, 3.63) is 172 Å². The Labute approximate surface area is 661 Å². The Hall–Kier alpha value is -6.03. The number of alkyl halides is 3. The highest BCUT2D eigenvalue weighted by Gasteiger charge is 2.49. The minimum atomic E-state index is -4.43. The molecule has 30 nitrogen and oxygen atoms in total. The number of aryl methyl sites for hydroxylation is 3. The number of benzene rings is 3. The lowest BCUT2D eigenvalue weighted by Gasteiger charge is -2.24. The van der Waals surface area contributed by atoms with E-state index < -0.39 is 203 Å². The van der Waals surface area contributed by atoms with Gasteiger partial charge in [-0.1, -0.05) is 112 Å². The van der Waals surface area contributed by atoms with Crippen LogP contribution in [0.25, 0.3) is 0 Å². The molecule has 3 aliphatic rings. The molecule has 4 unspecified atom stereocenters. The van der Waals surface area contributed by atoms with Crippen LogP contribution in [0.4, 0.5) is 0 Å². The van der Waals surface area contributed by atoms with Crippen molar-refractivity contribution in [2.75, 3.05) is 38.2 Å². The predicted molar refractivity (Wildman–Crippen MR) is 408 cm³/mol. The van der Waals surface area contributed by atoms with E-state index in [0.717, 1.165) is 13.7 Å². The normalized spacial score (nSPS) is 25.5. The first kappa shape index (κ1) is 80.0. The molecule has 0 radical (unpaired) electrons. The molecule has 6 N–H and O–H groups in total. The topological polar surface area (TPSA) is 387 Å². The number of nitrogens with zero attached hydrogens (tertiary/aromatic N) is 3. The maximum atomic E-state index is 13.9. The number of carbonyl (C=O) groups is 3. The molecule has 9 rings (SSSR count). The van der Waals surface area contributed by atoms with Crippen LogP contribution in [0.1, 0.15) is 106 Å². The highest BCUT2D eigenvalue weighted by Crippen LogP contribution is 2.54. The number of ether oxygens (including phenoxy) is 6. The van der Waals surface area contributed by atoms with Crippen LogP contribution in [0, 0.1) is 52.4 Å². The second kappa shape index (κ2) is 39.9. The van der Waals surface area contributed by atoms with E-state index in [1.165, 1.54) is 75.8 Å². The number of aromatic amines is 3. The fourth-order valence-electron chi connectivity index (χ4n) is 10.1. The number of aliphatic hydroxyl groups is 3. The second-order valence-electron chi connectivity index (χ2n) is 26.0. The van der Waals surface area contributed by atoms with Gasteiger partial charge < -0.3 is 57.3 Å². The Bertz CT molecular complexity index is 4400. The van der Waals surface area contributed by atoms with Crippen LogP contribution in [0.5, 0.6) is 17.2 Å². The van der Waals surface area contributed by atoms with E-state index in [-0.39, 0.29) is 31.2 Å². The van der Waals surface area contributed by atoms with E-state index in [0.29, 0.717) is 16.7 Å². The summed E-state index contributed by atoms with van der Waals surface area (Å²) in [6.45, 7) is 10.4. The number of carbonyl (C=O) groups excluding carboxylic acids is 3. The molecule has 594 valence electrons. The number of aliphatic hydroxyl groups excluding tert-OH is 3. The lowest BCUT2D eigenvalue weighted by Crippen LogP contribution is -2.33. The minimum absolute atomic E-state index is 0.110. The maximum absolute atomic E-state index is 13.9. The summed E-state index contributed by atoms with van der Waals surface area (Å²) in [6.07, 6.45) is -13.0. The van der Waals surface area contributed by atoms with Gasteiger partial charge in [0.05, 0.1) is 82.5 Å². The molecule has 39 heteroatoms. The van der Waals surface area contributed by atoms with Crippen molar-refractivity contribution in [2.45, 2.75) is 173 Å². The molecule has 0 amide bonds. The molecular weight excluding hydrogens is 1590 g/mol. The Morgan fingerprint density at radius 1 is 0.454 bits per heavy atom. The predicted octanol–water partition coefficient (Wildman–Crippen LogP) is 11.9. The third kappa shape index (κ3) is 25.0. The zero-order chi connectivity index (χ0) is 85.2. The molecule has 0 aliphatic carbocycles. The number of hydrogen-bond donors (Lipinski definition) is 6. The van der Waals surface area contributed by atoms with Gasteiger partial charge in [0.25, 0.3) is 0 Å². The first-order chi connectivity index (χ1) is 52.9. The van der Waals surface area contributed by atoms with Crippen molar-refractivity contribution in [3.63, 3.8) is 0 Å². The Kier molecular flexibility index (Phi) is 29.6. The van der Waals surface area contributed by atoms with Gasteiger partial charge in [-0.15, -0.1) is 34.8 Å². The zero-order valence-electron chi connectivity index (χ0n) is 66.4. The molecule has 0 bridgehead atoms. The molecule has 3 aromatic carbocycles. The van der Waals surface area contributed by atoms with E-state index in [4.69, 9.17) is 135 Å². The minimum Gasteiger partial charge on any atom is -0.463 e. The third-order valence-corrected chi connectivity index (χ3v) is 23.8. The van der Waals surface area contributed by atoms with Gasteiger partial charge in [0.1, 0.15) is 83.9 Å². The summed E-state index contributed by atoms with van der Waals surface area (Å²) in [7, 11) is -13.3. The molecular formula is C69H90Cl3N6O24P3S3. The molecule has 6 aromatic rings. The number of esters is 3. The van der Waals surface area contributed by atoms with Gasteiger partial charge in [-0.2, -0.15) is 0 Å². The molecule has 0 spiro atoms. The van der Waals surface area contributed by atoms with E-state index in [9.17, 15) is 57.8 Å². The van der Waals surface area contributed by atoms with Crippen molar-refractivity contribution in [1.29, 1.82) is 0 Å². The summed E-state index contributed by atoms with van der Waals surface area (Å²) in [6, 6.07) is 23.7. The van der Waals surface area contributed by atoms with E-state index in [1.54, 1.807) is 117 Å². The average molecular weight is 1690 g/mol. The van der Waals surface area contributed by atoms with Gasteiger partial charge in [0.15, 0.2) is 18.7 Å².